The molecular weight excluding hydrogens is 388 g/mol. The van der Waals surface area contributed by atoms with E-state index in [1.165, 1.54) is 9.80 Å². The maximum Gasteiger partial charge on any atom is 0.278 e. The number of nitrogens with one attached hydrogen (secondary N) is 4. The minimum Gasteiger partial charge on any atom is -0.349 e. The smallest absolute Gasteiger partial charge is 0.278 e. The molecule has 4 N–H and O–H groups in total. The third kappa shape index (κ3) is 6.64. The van der Waals surface area contributed by atoms with E-state index in [1.807, 2.05) is 57.2 Å². The fourth-order valence-corrected chi connectivity index (χ4v) is 4.24. The first-order valence-electron chi connectivity index (χ1n) is 11.3. The van der Waals surface area contributed by atoms with Gasteiger partial charge in [0.15, 0.2) is 12.6 Å². The van der Waals surface area contributed by atoms with Gasteiger partial charge in [-0.15, -0.1) is 0 Å². The lowest BCUT2D eigenvalue weighted by atomic mass is 9.98. The lowest BCUT2D eigenvalue weighted by Gasteiger charge is -2.33. The molecule has 1 fully saturated rings. The summed E-state index contributed by atoms with van der Waals surface area (Å²) >= 11 is 0. The van der Waals surface area contributed by atoms with Crippen molar-refractivity contribution >= 4 is 11.8 Å². The van der Waals surface area contributed by atoms with E-state index in [9.17, 15) is 9.59 Å². The van der Waals surface area contributed by atoms with Gasteiger partial charge in [-0.05, 0) is 31.9 Å². The number of carbonyl (C=O) groups excluding carboxylic acids is 2. The Bertz CT molecular complexity index is 794. The van der Waals surface area contributed by atoms with Gasteiger partial charge < -0.3 is 20.4 Å². The van der Waals surface area contributed by atoms with Crippen LogP contribution in [0.2, 0.25) is 0 Å². The van der Waals surface area contributed by atoms with Gasteiger partial charge in [0.05, 0.1) is 6.04 Å². The molecule has 0 bridgehead atoms. The van der Waals surface area contributed by atoms with Gasteiger partial charge in [0.1, 0.15) is 26.2 Å². The van der Waals surface area contributed by atoms with E-state index < -0.39 is 0 Å². The standard InChI is InChI=1S/C25H34N4O2/c1-19(2)26-23(30)18-28-14-16-29(17-15-28)20(3)25(31)27-24(21-10-6-4-7-11-21)22-12-8-5-9-13-22/h4-13,19-20,24H,14-18H2,1-3H3,(H,26,30)(H,27,31)/p+2/t20-/m0/s1. The molecule has 6 nitrogen and oxygen atoms in total. The summed E-state index contributed by atoms with van der Waals surface area (Å²) in [6.07, 6.45) is 0. The van der Waals surface area contributed by atoms with E-state index >= 15 is 0 Å². The fraction of sp³-hybridized carbons (Fsp3) is 0.440. The summed E-state index contributed by atoms with van der Waals surface area (Å²) in [5.74, 6) is 0.168. The van der Waals surface area contributed by atoms with Crippen LogP contribution in [0, 0.1) is 0 Å². The van der Waals surface area contributed by atoms with Crippen LogP contribution < -0.4 is 20.4 Å². The van der Waals surface area contributed by atoms with E-state index in [4.69, 9.17) is 0 Å². The summed E-state index contributed by atoms with van der Waals surface area (Å²) in [4.78, 5) is 27.8. The molecule has 0 radical (unpaired) electrons. The number of hydrogen-bond acceptors (Lipinski definition) is 2. The van der Waals surface area contributed by atoms with Gasteiger partial charge in [0, 0.05) is 6.04 Å². The highest BCUT2D eigenvalue weighted by Crippen LogP contribution is 2.21. The highest BCUT2D eigenvalue weighted by Gasteiger charge is 2.33. The lowest BCUT2D eigenvalue weighted by Crippen LogP contribution is -3.30. The molecule has 1 heterocycles. The Hall–Kier alpha value is -2.70. The second-order valence-corrected chi connectivity index (χ2v) is 8.79. The molecule has 166 valence electrons. The first kappa shape index (κ1) is 23.0. The molecule has 1 aliphatic rings. The largest absolute Gasteiger partial charge is 0.349 e. The van der Waals surface area contributed by atoms with E-state index in [1.54, 1.807) is 0 Å². The van der Waals surface area contributed by atoms with Crippen molar-refractivity contribution in [2.45, 2.75) is 38.9 Å². The molecule has 0 unspecified atom stereocenters. The number of rotatable bonds is 8. The summed E-state index contributed by atoms with van der Waals surface area (Å²) in [5.41, 5.74) is 2.16. The second-order valence-electron chi connectivity index (χ2n) is 8.79. The van der Waals surface area contributed by atoms with Crippen molar-refractivity contribution < 1.29 is 19.4 Å². The Morgan fingerprint density at radius 2 is 1.32 bits per heavy atom. The van der Waals surface area contributed by atoms with Crippen molar-refractivity contribution in [3.8, 4) is 0 Å². The second kappa shape index (κ2) is 11.1. The minimum atomic E-state index is -0.164. The molecule has 3 rings (SSSR count). The summed E-state index contributed by atoms with van der Waals surface area (Å²) < 4.78 is 0. The molecule has 2 aromatic carbocycles. The third-order valence-electron chi connectivity index (χ3n) is 6.02. The van der Waals surface area contributed by atoms with Crippen LogP contribution in [0.1, 0.15) is 37.9 Å². The fourth-order valence-electron chi connectivity index (χ4n) is 4.24. The average Bonchev–Trinajstić information content (AvgIpc) is 2.78. The molecule has 1 saturated heterocycles. The summed E-state index contributed by atoms with van der Waals surface area (Å²) in [6, 6.07) is 20.1. The summed E-state index contributed by atoms with van der Waals surface area (Å²) in [5, 5.41) is 6.25. The summed E-state index contributed by atoms with van der Waals surface area (Å²) in [7, 11) is 0. The van der Waals surface area contributed by atoms with Gasteiger partial charge in [-0.2, -0.15) is 0 Å². The highest BCUT2D eigenvalue weighted by atomic mass is 16.2. The van der Waals surface area contributed by atoms with Crippen molar-refractivity contribution in [1.82, 2.24) is 10.6 Å². The van der Waals surface area contributed by atoms with Gasteiger partial charge in [-0.25, -0.2) is 0 Å². The summed E-state index contributed by atoms with van der Waals surface area (Å²) in [6.45, 7) is 10.1. The predicted octanol–water partition coefficient (Wildman–Crippen LogP) is -0.411. The monoisotopic (exact) mass is 424 g/mol. The van der Waals surface area contributed by atoms with E-state index in [-0.39, 0.29) is 29.9 Å². The Morgan fingerprint density at radius 3 is 1.81 bits per heavy atom. The van der Waals surface area contributed by atoms with Crippen LogP contribution in [0.15, 0.2) is 60.7 Å². The first-order chi connectivity index (χ1) is 14.9. The Morgan fingerprint density at radius 1 is 0.806 bits per heavy atom. The molecule has 1 aliphatic heterocycles. The van der Waals surface area contributed by atoms with E-state index in [0.717, 1.165) is 37.3 Å². The number of carbonyl (C=O) groups is 2. The molecule has 1 atom stereocenters. The van der Waals surface area contributed by atoms with Crippen molar-refractivity contribution in [3.63, 3.8) is 0 Å². The van der Waals surface area contributed by atoms with Gasteiger partial charge in [-0.1, -0.05) is 60.7 Å². The van der Waals surface area contributed by atoms with Crippen LogP contribution in [-0.2, 0) is 9.59 Å². The molecule has 0 aliphatic carbocycles. The van der Waals surface area contributed by atoms with Crippen LogP contribution in [0.5, 0.6) is 0 Å². The zero-order chi connectivity index (χ0) is 22.2. The number of piperazine rings is 1. The zero-order valence-corrected chi connectivity index (χ0v) is 18.9. The number of benzene rings is 2. The Balaban J connectivity index is 1.58. The van der Waals surface area contributed by atoms with Crippen LogP contribution in [0.3, 0.4) is 0 Å². The highest BCUT2D eigenvalue weighted by molar-refractivity contribution is 5.81. The third-order valence-corrected chi connectivity index (χ3v) is 6.02. The Labute approximate surface area is 185 Å². The van der Waals surface area contributed by atoms with Gasteiger partial charge in [0.2, 0.25) is 0 Å². The quantitative estimate of drug-likeness (QED) is 0.466. The van der Waals surface area contributed by atoms with Gasteiger partial charge >= 0.3 is 0 Å². The molecule has 2 amide bonds. The van der Waals surface area contributed by atoms with Crippen molar-refractivity contribution in [3.05, 3.63) is 71.8 Å². The van der Waals surface area contributed by atoms with Crippen molar-refractivity contribution in [2.75, 3.05) is 32.7 Å². The zero-order valence-electron chi connectivity index (χ0n) is 18.9. The first-order valence-corrected chi connectivity index (χ1v) is 11.3. The molecule has 0 saturated carbocycles. The number of amides is 2. The maximum atomic E-state index is 13.2. The number of hydrogen-bond donors (Lipinski definition) is 4. The topological polar surface area (TPSA) is 67.1 Å². The van der Waals surface area contributed by atoms with E-state index in [0.29, 0.717) is 6.54 Å². The predicted molar refractivity (Wildman–Crippen MR) is 122 cm³/mol. The van der Waals surface area contributed by atoms with Gasteiger partial charge in [-0.3, -0.25) is 9.59 Å². The minimum absolute atomic E-state index is 0.0636. The van der Waals surface area contributed by atoms with Crippen molar-refractivity contribution in [1.29, 1.82) is 0 Å². The van der Waals surface area contributed by atoms with Crippen LogP contribution in [0.25, 0.3) is 0 Å². The molecule has 0 spiro atoms. The molecule has 0 aromatic heterocycles. The molecule has 31 heavy (non-hydrogen) atoms. The van der Waals surface area contributed by atoms with Crippen LogP contribution in [0.4, 0.5) is 0 Å². The van der Waals surface area contributed by atoms with Crippen LogP contribution >= 0.6 is 0 Å². The molecular formula is C25H36N4O2+2. The molecule has 6 heteroatoms. The van der Waals surface area contributed by atoms with Crippen molar-refractivity contribution in [2.24, 2.45) is 0 Å². The van der Waals surface area contributed by atoms with Crippen LogP contribution in [-0.4, -0.2) is 56.6 Å². The Kier molecular flexibility index (Phi) is 8.20. The molecule has 2 aromatic rings. The normalized spacial score (nSPS) is 19.8. The maximum absolute atomic E-state index is 13.2. The average molecular weight is 425 g/mol. The van der Waals surface area contributed by atoms with E-state index in [2.05, 4.69) is 34.9 Å². The number of quaternary nitrogens is 2. The SMILES string of the molecule is CC(C)NC(=O)C[NH+]1CC[NH+]([C@@H](C)C(=O)NC(c2ccccc2)c2ccccc2)CC1. The van der Waals surface area contributed by atoms with Gasteiger partial charge in [0.25, 0.3) is 11.8 Å². The lowest BCUT2D eigenvalue weighted by molar-refractivity contribution is -1.01.